The van der Waals surface area contributed by atoms with Gasteiger partial charge in [0.15, 0.2) is 11.2 Å². The first kappa shape index (κ1) is 18.1. The van der Waals surface area contributed by atoms with Crippen LogP contribution in [0, 0.1) is 0 Å². The third-order valence-corrected chi connectivity index (χ3v) is 4.71. The van der Waals surface area contributed by atoms with Crippen LogP contribution in [0.3, 0.4) is 0 Å². The molecule has 0 aliphatic rings. The van der Waals surface area contributed by atoms with E-state index < -0.39 is 5.69 Å². The molecule has 0 aliphatic heterocycles. The van der Waals surface area contributed by atoms with E-state index in [-0.39, 0.29) is 12.1 Å². The van der Waals surface area contributed by atoms with Gasteiger partial charge in [-0.1, -0.05) is 23.7 Å². The van der Waals surface area contributed by atoms with Crippen LogP contribution in [0.15, 0.2) is 40.2 Å². The Morgan fingerprint density at radius 2 is 1.96 bits per heavy atom. The molecular weight excluding hydrogens is 384 g/mol. The maximum Gasteiger partial charge on any atom is 0.332 e. The van der Waals surface area contributed by atoms with Gasteiger partial charge in [0.05, 0.1) is 12.9 Å². The molecule has 4 rings (SSSR count). The molecular formula is C17H17ClN8O2. The molecule has 0 atom stereocenters. The summed E-state index contributed by atoms with van der Waals surface area (Å²) in [4.78, 5) is 30.7. The zero-order valence-electron chi connectivity index (χ0n) is 15.3. The van der Waals surface area contributed by atoms with Gasteiger partial charge in [-0.15, -0.1) is 10.2 Å². The number of nitrogens with zero attached hydrogens (tertiary/aromatic N) is 8. The third kappa shape index (κ3) is 3.11. The first-order chi connectivity index (χ1) is 13.5. The summed E-state index contributed by atoms with van der Waals surface area (Å²) in [6.07, 6.45) is 2.01. The highest BCUT2D eigenvalue weighted by Gasteiger charge is 2.15. The first-order valence-electron chi connectivity index (χ1n) is 8.60. The lowest BCUT2D eigenvalue weighted by Gasteiger charge is -2.08. The SMILES string of the molecule is Cn1cnc2c1c(=O)n(CCCn1nnc(-c3cccc(Cl)c3)n1)c(=O)n2C. The second-order valence-electron chi connectivity index (χ2n) is 6.40. The Labute approximate surface area is 163 Å². The van der Waals surface area contributed by atoms with Crippen molar-refractivity contribution in [1.29, 1.82) is 0 Å². The molecule has 4 aromatic rings. The van der Waals surface area contributed by atoms with Crippen LogP contribution in [-0.4, -0.2) is 38.9 Å². The fourth-order valence-corrected chi connectivity index (χ4v) is 3.24. The van der Waals surface area contributed by atoms with E-state index in [2.05, 4.69) is 20.4 Å². The number of tetrazole rings is 1. The van der Waals surface area contributed by atoms with Crippen molar-refractivity contribution in [3.05, 3.63) is 56.5 Å². The molecule has 3 heterocycles. The van der Waals surface area contributed by atoms with Crippen molar-refractivity contribution in [3.63, 3.8) is 0 Å². The predicted octanol–water partition coefficient (Wildman–Crippen LogP) is 0.831. The van der Waals surface area contributed by atoms with Gasteiger partial charge in [0.1, 0.15) is 0 Å². The molecule has 0 fully saturated rings. The van der Waals surface area contributed by atoms with Crippen LogP contribution in [0.2, 0.25) is 5.02 Å². The van der Waals surface area contributed by atoms with E-state index in [0.29, 0.717) is 35.0 Å². The number of benzene rings is 1. The number of aromatic nitrogens is 8. The van der Waals surface area contributed by atoms with Gasteiger partial charge in [-0.05, 0) is 23.8 Å². The van der Waals surface area contributed by atoms with Crippen LogP contribution < -0.4 is 11.2 Å². The van der Waals surface area contributed by atoms with Crippen LogP contribution in [0.1, 0.15) is 6.42 Å². The third-order valence-electron chi connectivity index (χ3n) is 4.48. The second-order valence-corrected chi connectivity index (χ2v) is 6.84. The summed E-state index contributed by atoms with van der Waals surface area (Å²) in [5, 5.41) is 13.0. The van der Waals surface area contributed by atoms with E-state index in [9.17, 15) is 9.59 Å². The molecule has 0 spiro atoms. The standard InChI is InChI=1S/C17H17ClN8O2/c1-23-10-19-15-13(23)16(27)25(17(28)24(15)2)7-4-8-26-21-14(20-22-26)11-5-3-6-12(18)9-11/h3,5-6,9-10H,4,7-8H2,1-2H3. The monoisotopic (exact) mass is 400 g/mol. The van der Waals surface area contributed by atoms with E-state index >= 15 is 0 Å². The van der Waals surface area contributed by atoms with E-state index in [1.54, 1.807) is 30.8 Å². The van der Waals surface area contributed by atoms with Gasteiger partial charge in [0.2, 0.25) is 5.82 Å². The Balaban J connectivity index is 1.53. The molecule has 0 aliphatic carbocycles. The Morgan fingerprint density at radius 3 is 2.75 bits per heavy atom. The van der Waals surface area contributed by atoms with Gasteiger partial charge in [0.25, 0.3) is 5.56 Å². The van der Waals surface area contributed by atoms with Crippen LogP contribution in [0.25, 0.3) is 22.6 Å². The molecule has 0 radical (unpaired) electrons. The summed E-state index contributed by atoms with van der Waals surface area (Å²) in [5.41, 5.74) is 0.777. The second kappa shape index (κ2) is 7.04. The summed E-state index contributed by atoms with van der Waals surface area (Å²) in [6, 6.07) is 7.19. The van der Waals surface area contributed by atoms with Crippen molar-refractivity contribution in [1.82, 2.24) is 38.9 Å². The highest BCUT2D eigenvalue weighted by molar-refractivity contribution is 6.30. The number of hydrogen-bond donors (Lipinski definition) is 0. The summed E-state index contributed by atoms with van der Waals surface area (Å²) < 4.78 is 4.20. The van der Waals surface area contributed by atoms with Crippen molar-refractivity contribution in [2.24, 2.45) is 14.1 Å². The van der Waals surface area contributed by atoms with Gasteiger partial charge in [0, 0.05) is 31.2 Å². The Kier molecular flexibility index (Phi) is 4.55. The lowest BCUT2D eigenvalue weighted by Crippen LogP contribution is -2.39. The van der Waals surface area contributed by atoms with Gasteiger partial charge in [-0.3, -0.25) is 13.9 Å². The van der Waals surface area contributed by atoms with Crippen molar-refractivity contribution in [2.45, 2.75) is 19.5 Å². The van der Waals surface area contributed by atoms with E-state index in [1.807, 2.05) is 12.1 Å². The molecule has 0 amide bonds. The van der Waals surface area contributed by atoms with Crippen molar-refractivity contribution in [3.8, 4) is 11.4 Å². The zero-order valence-corrected chi connectivity index (χ0v) is 16.0. The molecule has 10 nitrogen and oxygen atoms in total. The molecule has 0 N–H and O–H groups in total. The zero-order chi connectivity index (χ0) is 19.8. The minimum atomic E-state index is -0.401. The molecule has 0 saturated carbocycles. The van der Waals surface area contributed by atoms with Crippen LogP contribution >= 0.6 is 11.6 Å². The minimum Gasteiger partial charge on any atom is -0.328 e. The number of aryl methyl sites for hydroxylation is 3. The molecule has 0 unspecified atom stereocenters. The minimum absolute atomic E-state index is 0.237. The normalized spacial score (nSPS) is 11.4. The van der Waals surface area contributed by atoms with Crippen molar-refractivity contribution < 1.29 is 0 Å². The molecule has 0 bridgehead atoms. The van der Waals surface area contributed by atoms with E-state index in [0.717, 1.165) is 5.56 Å². The number of fused-ring (bicyclic) bond motifs is 1. The molecule has 28 heavy (non-hydrogen) atoms. The predicted molar refractivity (Wildman–Crippen MR) is 103 cm³/mol. The maximum absolute atomic E-state index is 12.7. The topological polar surface area (TPSA) is 105 Å². The summed E-state index contributed by atoms with van der Waals surface area (Å²) in [7, 11) is 3.33. The molecule has 3 aromatic heterocycles. The van der Waals surface area contributed by atoms with Gasteiger partial charge in [-0.2, -0.15) is 4.80 Å². The maximum atomic E-state index is 12.7. The number of halogens is 1. The van der Waals surface area contributed by atoms with Crippen LogP contribution in [-0.2, 0) is 27.2 Å². The fraction of sp³-hybridized carbons (Fsp3) is 0.294. The summed E-state index contributed by atoms with van der Waals surface area (Å²) in [5.74, 6) is 0.465. The highest BCUT2D eigenvalue weighted by atomic mass is 35.5. The van der Waals surface area contributed by atoms with Gasteiger partial charge in [-0.25, -0.2) is 9.78 Å². The van der Waals surface area contributed by atoms with Crippen LogP contribution in [0.5, 0.6) is 0 Å². The molecule has 1 aromatic carbocycles. The Morgan fingerprint density at radius 1 is 1.14 bits per heavy atom. The van der Waals surface area contributed by atoms with E-state index in [1.165, 1.54) is 20.3 Å². The molecule has 0 saturated heterocycles. The average Bonchev–Trinajstić information content (AvgIpc) is 3.30. The lowest BCUT2D eigenvalue weighted by molar-refractivity contribution is 0.457. The number of rotatable bonds is 5. The summed E-state index contributed by atoms with van der Waals surface area (Å²) in [6.45, 7) is 0.646. The molecule has 144 valence electrons. The fourth-order valence-electron chi connectivity index (χ4n) is 3.04. The van der Waals surface area contributed by atoms with Gasteiger partial charge < -0.3 is 4.57 Å². The largest absolute Gasteiger partial charge is 0.332 e. The van der Waals surface area contributed by atoms with Crippen molar-refractivity contribution in [2.75, 3.05) is 0 Å². The number of hydrogen-bond acceptors (Lipinski definition) is 6. The Hall–Kier alpha value is -3.27. The highest BCUT2D eigenvalue weighted by Crippen LogP contribution is 2.18. The van der Waals surface area contributed by atoms with Gasteiger partial charge >= 0.3 is 5.69 Å². The van der Waals surface area contributed by atoms with Crippen LogP contribution in [0.4, 0.5) is 0 Å². The average molecular weight is 401 g/mol. The Bertz CT molecular complexity index is 1280. The first-order valence-corrected chi connectivity index (χ1v) is 8.98. The van der Waals surface area contributed by atoms with E-state index in [4.69, 9.17) is 11.6 Å². The smallest absolute Gasteiger partial charge is 0.328 e. The number of imidazole rings is 1. The molecule has 11 heteroatoms. The quantitative estimate of drug-likeness (QED) is 0.491. The summed E-state index contributed by atoms with van der Waals surface area (Å²) >= 11 is 5.99. The van der Waals surface area contributed by atoms with Crippen molar-refractivity contribution >= 4 is 22.8 Å². The lowest BCUT2D eigenvalue weighted by atomic mass is 10.2.